The lowest BCUT2D eigenvalue weighted by atomic mass is 10.1. The monoisotopic (exact) mass is 203 g/mol. The van der Waals surface area contributed by atoms with Gasteiger partial charge in [-0.1, -0.05) is 0 Å². The maximum absolute atomic E-state index is 9.10. The van der Waals surface area contributed by atoms with Crippen molar-refractivity contribution < 1.29 is 19.3 Å². The molecule has 5 nitrogen and oxygen atoms in total. The van der Waals surface area contributed by atoms with E-state index in [1.54, 1.807) is 0 Å². The van der Waals surface area contributed by atoms with Crippen LogP contribution in [-0.2, 0) is 14.2 Å². The Bertz CT molecular complexity index is 201. The van der Waals surface area contributed by atoms with Gasteiger partial charge in [-0.2, -0.15) is 0 Å². The minimum Gasteiger partial charge on any atom is -0.394 e. The zero-order valence-electron chi connectivity index (χ0n) is 8.47. The summed E-state index contributed by atoms with van der Waals surface area (Å²) in [7, 11) is 0. The first-order valence-corrected chi connectivity index (χ1v) is 4.89. The Hall–Kier alpha value is -0.200. The first kappa shape index (κ1) is 10.3. The van der Waals surface area contributed by atoms with Crippen LogP contribution in [0.25, 0.3) is 0 Å². The molecule has 0 bridgehead atoms. The van der Waals surface area contributed by atoms with Crippen LogP contribution in [-0.4, -0.2) is 48.5 Å². The molecule has 0 aromatic heterocycles. The smallest absolute Gasteiger partial charge is 0.164 e. The molecule has 0 unspecified atom stereocenters. The molecule has 2 aliphatic rings. The van der Waals surface area contributed by atoms with Crippen molar-refractivity contribution in [1.82, 2.24) is 0 Å². The van der Waals surface area contributed by atoms with Crippen molar-refractivity contribution in [1.29, 1.82) is 0 Å². The molecular formula is C9H17NO4. The minimum absolute atomic E-state index is 0.0584. The van der Waals surface area contributed by atoms with E-state index < -0.39 is 5.79 Å². The number of ether oxygens (including phenoxy) is 3. The van der Waals surface area contributed by atoms with Gasteiger partial charge in [0.1, 0.15) is 18.3 Å². The maximum Gasteiger partial charge on any atom is 0.164 e. The van der Waals surface area contributed by atoms with Crippen molar-refractivity contribution in [2.24, 2.45) is 5.73 Å². The molecule has 0 radical (unpaired) electrons. The van der Waals surface area contributed by atoms with Gasteiger partial charge in [0.05, 0.1) is 12.7 Å². The number of hydrogen-bond donors (Lipinski definition) is 2. The highest BCUT2D eigenvalue weighted by atomic mass is 16.8. The molecule has 3 N–H and O–H groups in total. The second-order valence-electron chi connectivity index (χ2n) is 4.20. The number of nitrogens with two attached hydrogens (primary N) is 1. The summed E-state index contributed by atoms with van der Waals surface area (Å²) in [6.07, 6.45) is -0.815. The first-order valence-electron chi connectivity index (χ1n) is 4.89. The van der Waals surface area contributed by atoms with Crippen molar-refractivity contribution >= 4 is 0 Å². The van der Waals surface area contributed by atoms with Crippen LogP contribution in [0.1, 0.15) is 13.8 Å². The molecule has 0 amide bonds. The van der Waals surface area contributed by atoms with Crippen LogP contribution < -0.4 is 5.73 Å². The largest absolute Gasteiger partial charge is 0.394 e. The van der Waals surface area contributed by atoms with E-state index in [0.29, 0.717) is 6.54 Å². The summed E-state index contributed by atoms with van der Waals surface area (Å²) >= 11 is 0. The molecule has 5 heteroatoms. The topological polar surface area (TPSA) is 73.9 Å². The SMILES string of the molecule is CC1(C)O[C@@H]2[C@H](O1)[C@@H](CO)O[C@H]2CN. The fraction of sp³-hybridized carbons (Fsp3) is 1.00. The van der Waals surface area contributed by atoms with Crippen LogP contribution in [0.4, 0.5) is 0 Å². The number of rotatable bonds is 2. The van der Waals surface area contributed by atoms with Crippen molar-refractivity contribution in [2.45, 2.75) is 44.1 Å². The highest BCUT2D eigenvalue weighted by Crippen LogP contribution is 2.38. The number of aliphatic hydroxyl groups is 1. The molecule has 0 aromatic rings. The Morgan fingerprint density at radius 2 is 1.79 bits per heavy atom. The number of hydrogen-bond acceptors (Lipinski definition) is 5. The van der Waals surface area contributed by atoms with Gasteiger partial charge in [0, 0.05) is 6.54 Å². The van der Waals surface area contributed by atoms with E-state index in [1.807, 2.05) is 13.8 Å². The molecule has 14 heavy (non-hydrogen) atoms. The van der Waals surface area contributed by atoms with Gasteiger partial charge in [-0.15, -0.1) is 0 Å². The van der Waals surface area contributed by atoms with Gasteiger partial charge >= 0.3 is 0 Å². The second-order valence-corrected chi connectivity index (χ2v) is 4.20. The summed E-state index contributed by atoms with van der Waals surface area (Å²) in [5.41, 5.74) is 5.55. The number of aliphatic hydroxyl groups excluding tert-OH is 1. The third-order valence-electron chi connectivity index (χ3n) is 2.66. The van der Waals surface area contributed by atoms with Gasteiger partial charge in [-0.05, 0) is 13.8 Å². The third kappa shape index (κ3) is 1.55. The van der Waals surface area contributed by atoms with E-state index in [-0.39, 0.29) is 31.0 Å². The first-order chi connectivity index (χ1) is 6.57. The zero-order chi connectivity index (χ0) is 10.3. The van der Waals surface area contributed by atoms with Gasteiger partial charge < -0.3 is 25.1 Å². The second kappa shape index (κ2) is 3.43. The Morgan fingerprint density at radius 1 is 1.21 bits per heavy atom. The quantitative estimate of drug-likeness (QED) is 0.616. The normalized spacial score (nSPS) is 45.4. The lowest BCUT2D eigenvalue weighted by Crippen LogP contribution is -2.34. The van der Waals surface area contributed by atoms with E-state index in [2.05, 4.69) is 0 Å². The fourth-order valence-corrected chi connectivity index (χ4v) is 2.11. The van der Waals surface area contributed by atoms with Crippen LogP contribution >= 0.6 is 0 Å². The summed E-state index contributed by atoms with van der Waals surface area (Å²) < 4.78 is 16.8. The summed E-state index contributed by atoms with van der Waals surface area (Å²) in [6.45, 7) is 4.04. The molecule has 2 saturated heterocycles. The average molecular weight is 203 g/mol. The summed E-state index contributed by atoms with van der Waals surface area (Å²) in [5, 5.41) is 9.10. The molecule has 0 spiro atoms. The van der Waals surface area contributed by atoms with E-state index >= 15 is 0 Å². The highest BCUT2D eigenvalue weighted by Gasteiger charge is 2.54. The maximum atomic E-state index is 9.10. The molecule has 2 fully saturated rings. The predicted octanol–water partition coefficient (Wildman–Crippen LogP) is -0.775. The molecule has 4 atom stereocenters. The van der Waals surface area contributed by atoms with Crippen molar-refractivity contribution in [3.8, 4) is 0 Å². The predicted molar refractivity (Wildman–Crippen MR) is 48.6 cm³/mol. The molecule has 2 heterocycles. The zero-order valence-corrected chi connectivity index (χ0v) is 8.47. The van der Waals surface area contributed by atoms with E-state index in [9.17, 15) is 0 Å². The van der Waals surface area contributed by atoms with Crippen LogP contribution in [0.2, 0.25) is 0 Å². The van der Waals surface area contributed by atoms with Crippen molar-refractivity contribution in [3.63, 3.8) is 0 Å². The Kier molecular flexibility index (Phi) is 2.53. The Balaban J connectivity index is 2.12. The van der Waals surface area contributed by atoms with Crippen molar-refractivity contribution in [2.75, 3.05) is 13.2 Å². The van der Waals surface area contributed by atoms with Crippen molar-refractivity contribution in [3.05, 3.63) is 0 Å². The summed E-state index contributed by atoms with van der Waals surface area (Å²) in [4.78, 5) is 0. The standard InChI is InChI=1S/C9H17NO4/c1-9(2)13-7-5(3-10)12-6(4-11)8(7)14-9/h5-8,11H,3-4,10H2,1-2H3/t5-,6+,7-,8+/m0/s1. The Labute approximate surface area is 83.1 Å². The molecule has 0 saturated carbocycles. The van der Waals surface area contributed by atoms with Crippen LogP contribution in [0.15, 0.2) is 0 Å². The van der Waals surface area contributed by atoms with Crippen LogP contribution in [0.3, 0.4) is 0 Å². The fourth-order valence-electron chi connectivity index (χ4n) is 2.11. The van der Waals surface area contributed by atoms with Crippen LogP contribution in [0.5, 0.6) is 0 Å². The summed E-state index contributed by atoms with van der Waals surface area (Å²) in [5.74, 6) is -0.597. The molecule has 0 aromatic carbocycles. The highest BCUT2D eigenvalue weighted by molar-refractivity contribution is 4.98. The minimum atomic E-state index is -0.597. The third-order valence-corrected chi connectivity index (χ3v) is 2.66. The van der Waals surface area contributed by atoms with E-state index in [4.69, 9.17) is 25.1 Å². The van der Waals surface area contributed by atoms with Gasteiger partial charge in [0.2, 0.25) is 0 Å². The lowest BCUT2D eigenvalue weighted by molar-refractivity contribution is -0.188. The molecule has 2 aliphatic heterocycles. The van der Waals surface area contributed by atoms with E-state index in [1.165, 1.54) is 0 Å². The number of fused-ring (bicyclic) bond motifs is 1. The average Bonchev–Trinajstić information content (AvgIpc) is 2.57. The van der Waals surface area contributed by atoms with Gasteiger partial charge in [-0.25, -0.2) is 0 Å². The van der Waals surface area contributed by atoms with E-state index in [0.717, 1.165) is 0 Å². The summed E-state index contributed by atoms with van der Waals surface area (Å²) in [6, 6.07) is 0. The Morgan fingerprint density at radius 3 is 2.29 bits per heavy atom. The van der Waals surface area contributed by atoms with Gasteiger partial charge in [0.25, 0.3) is 0 Å². The molecule has 0 aliphatic carbocycles. The van der Waals surface area contributed by atoms with Gasteiger partial charge in [-0.3, -0.25) is 0 Å². The molecule has 82 valence electrons. The lowest BCUT2D eigenvalue weighted by Gasteiger charge is -2.22. The van der Waals surface area contributed by atoms with Crippen LogP contribution in [0, 0.1) is 0 Å². The van der Waals surface area contributed by atoms with Gasteiger partial charge in [0.15, 0.2) is 5.79 Å². The molecular weight excluding hydrogens is 186 g/mol. The molecule has 2 rings (SSSR count).